The fourth-order valence-electron chi connectivity index (χ4n) is 2.76. The molecule has 2 aromatic carbocycles. The van der Waals surface area contributed by atoms with E-state index in [0.29, 0.717) is 11.6 Å². The summed E-state index contributed by atoms with van der Waals surface area (Å²) in [6, 6.07) is 15.4. The van der Waals surface area contributed by atoms with Gasteiger partial charge in [-0.2, -0.15) is 0 Å². The number of likely N-dealkylation sites (N-methyl/N-ethyl adjacent to an activating group) is 1. The number of benzene rings is 2. The lowest BCUT2D eigenvalue weighted by molar-refractivity contribution is -0.131. The van der Waals surface area contributed by atoms with Gasteiger partial charge in [0, 0.05) is 12.6 Å². The SMILES string of the molecule is CC(c1ccc(S(N)(=O)=O)cc1)N(C)C(=O)Cc1coc(-c2ccccc2)n1. The van der Waals surface area contributed by atoms with Gasteiger partial charge in [0.05, 0.1) is 23.1 Å². The first-order valence-corrected chi connectivity index (χ1v) is 10.2. The summed E-state index contributed by atoms with van der Waals surface area (Å²) in [4.78, 5) is 18.6. The fourth-order valence-corrected chi connectivity index (χ4v) is 3.27. The number of hydrogen-bond donors (Lipinski definition) is 1. The first-order chi connectivity index (χ1) is 13.3. The van der Waals surface area contributed by atoms with Crippen LogP contribution in [0, 0.1) is 0 Å². The molecule has 0 aliphatic carbocycles. The largest absolute Gasteiger partial charge is 0.444 e. The molecule has 0 fully saturated rings. The maximum Gasteiger partial charge on any atom is 0.238 e. The number of aromatic nitrogens is 1. The Labute approximate surface area is 163 Å². The molecule has 1 aromatic heterocycles. The molecule has 1 heterocycles. The normalized spacial score (nSPS) is 12.5. The van der Waals surface area contributed by atoms with Crippen LogP contribution < -0.4 is 5.14 Å². The second-order valence-corrected chi connectivity index (χ2v) is 8.04. The minimum Gasteiger partial charge on any atom is -0.444 e. The van der Waals surface area contributed by atoms with Crippen LogP contribution >= 0.6 is 0 Å². The zero-order chi connectivity index (χ0) is 20.3. The van der Waals surface area contributed by atoms with Gasteiger partial charge in [-0.15, -0.1) is 0 Å². The van der Waals surface area contributed by atoms with Gasteiger partial charge in [-0.25, -0.2) is 18.5 Å². The zero-order valence-electron chi connectivity index (χ0n) is 15.6. The van der Waals surface area contributed by atoms with Crippen molar-refractivity contribution in [3.63, 3.8) is 0 Å². The smallest absolute Gasteiger partial charge is 0.238 e. The van der Waals surface area contributed by atoms with Crippen molar-refractivity contribution in [2.75, 3.05) is 7.05 Å². The van der Waals surface area contributed by atoms with E-state index in [-0.39, 0.29) is 23.3 Å². The van der Waals surface area contributed by atoms with Crippen LogP contribution in [0.5, 0.6) is 0 Å². The number of rotatable bonds is 6. The van der Waals surface area contributed by atoms with Gasteiger partial charge < -0.3 is 9.32 Å². The molecule has 0 radical (unpaired) electrons. The van der Waals surface area contributed by atoms with Crippen molar-refractivity contribution < 1.29 is 17.6 Å². The first-order valence-electron chi connectivity index (χ1n) is 8.64. The van der Waals surface area contributed by atoms with Crippen molar-refractivity contribution in [2.24, 2.45) is 5.14 Å². The predicted octanol–water partition coefficient (Wildman–Crippen LogP) is 2.75. The molecule has 28 heavy (non-hydrogen) atoms. The van der Waals surface area contributed by atoms with Crippen LogP contribution in [0.15, 0.2) is 70.2 Å². The fraction of sp³-hybridized carbons (Fsp3) is 0.200. The number of carbonyl (C=O) groups is 1. The molecule has 0 spiro atoms. The van der Waals surface area contributed by atoms with Crippen LogP contribution in [0.2, 0.25) is 0 Å². The van der Waals surface area contributed by atoms with Gasteiger partial charge in [-0.05, 0) is 36.8 Å². The van der Waals surface area contributed by atoms with Crippen molar-refractivity contribution >= 4 is 15.9 Å². The average Bonchev–Trinajstić information content (AvgIpc) is 3.15. The Morgan fingerprint density at radius 3 is 2.39 bits per heavy atom. The quantitative estimate of drug-likeness (QED) is 0.686. The molecule has 0 aliphatic heterocycles. The number of oxazole rings is 1. The minimum atomic E-state index is -3.74. The first kappa shape index (κ1) is 19.8. The van der Waals surface area contributed by atoms with E-state index in [1.807, 2.05) is 37.3 Å². The molecule has 8 heteroatoms. The minimum absolute atomic E-state index is 0.0356. The molecule has 0 saturated heterocycles. The number of hydrogen-bond acceptors (Lipinski definition) is 5. The summed E-state index contributed by atoms with van der Waals surface area (Å²) >= 11 is 0. The Kier molecular flexibility index (Phi) is 5.62. The predicted molar refractivity (Wildman–Crippen MR) is 105 cm³/mol. The molecular weight excluding hydrogens is 378 g/mol. The van der Waals surface area contributed by atoms with Crippen molar-refractivity contribution in [1.29, 1.82) is 0 Å². The summed E-state index contributed by atoms with van der Waals surface area (Å²) in [6.45, 7) is 1.86. The summed E-state index contributed by atoms with van der Waals surface area (Å²) in [5.41, 5.74) is 2.19. The lowest BCUT2D eigenvalue weighted by atomic mass is 10.1. The van der Waals surface area contributed by atoms with Crippen molar-refractivity contribution in [2.45, 2.75) is 24.3 Å². The second-order valence-electron chi connectivity index (χ2n) is 6.48. The summed E-state index contributed by atoms with van der Waals surface area (Å²) < 4.78 is 28.2. The van der Waals surface area contributed by atoms with Gasteiger partial charge >= 0.3 is 0 Å². The van der Waals surface area contributed by atoms with E-state index in [1.54, 1.807) is 24.1 Å². The van der Waals surface area contributed by atoms with Crippen molar-refractivity contribution in [3.8, 4) is 11.5 Å². The summed E-state index contributed by atoms with van der Waals surface area (Å²) in [5, 5.41) is 5.11. The number of amides is 1. The highest BCUT2D eigenvalue weighted by atomic mass is 32.2. The topological polar surface area (TPSA) is 106 Å². The monoisotopic (exact) mass is 399 g/mol. The van der Waals surface area contributed by atoms with Crippen LogP contribution in [0.4, 0.5) is 0 Å². The highest BCUT2D eigenvalue weighted by molar-refractivity contribution is 7.89. The van der Waals surface area contributed by atoms with Crippen LogP contribution in [0.1, 0.15) is 24.2 Å². The Balaban J connectivity index is 1.68. The molecule has 3 aromatic rings. The van der Waals surface area contributed by atoms with Crippen LogP contribution in [-0.4, -0.2) is 31.3 Å². The molecule has 146 valence electrons. The molecule has 1 unspecified atom stereocenters. The van der Waals surface area contributed by atoms with Gasteiger partial charge in [0.2, 0.25) is 21.8 Å². The highest BCUT2D eigenvalue weighted by Crippen LogP contribution is 2.22. The molecule has 1 atom stereocenters. The second kappa shape index (κ2) is 7.95. The molecule has 1 amide bonds. The number of carbonyl (C=O) groups excluding carboxylic acids is 1. The third-order valence-electron chi connectivity index (χ3n) is 4.57. The Morgan fingerprint density at radius 1 is 1.14 bits per heavy atom. The van der Waals surface area contributed by atoms with Crippen LogP contribution in [0.25, 0.3) is 11.5 Å². The van der Waals surface area contributed by atoms with Gasteiger partial charge in [0.1, 0.15) is 6.26 Å². The van der Waals surface area contributed by atoms with Crippen LogP contribution in [-0.2, 0) is 21.2 Å². The number of sulfonamides is 1. The van der Waals surface area contributed by atoms with Crippen molar-refractivity contribution in [3.05, 3.63) is 72.1 Å². The van der Waals surface area contributed by atoms with E-state index in [9.17, 15) is 13.2 Å². The van der Waals surface area contributed by atoms with E-state index in [1.165, 1.54) is 18.4 Å². The van der Waals surface area contributed by atoms with E-state index in [0.717, 1.165) is 11.1 Å². The molecule has 3 rings (SSSR count). The standard InChI is InChI=1S/C20H21N3O4S/c1-14(15-8-10-18(11-9-15)28(21,25)26)23(2)19(24)12-17-13-27-20(22-17)16-6-4-3-5-7-16/h3-11,13-14H,12H2,1-2H3,(H2,21,25,26). The molecule has 7 nitrogen and oxygen atoms in total. The Bertz CT molecular complexity index is 1060. The number of nitrogens with two attached hydrogens (primary N) is 1. The van der Waals surface area contributed by atoms with Crippen LogP contribution in [0.3, 0.4) is 0 Å². The Hall–Kier alpha value is -2.97. The highest BCUT2D eigenvalue weighted by Gasteiger charge is 2.20. The van der Waals surface area contributed by atoms with E-state index in [2.05, 4.69) is 4.98 Å². The van der Waals surface area contributed by atoms with E-state index >= 15 is 0 Å². The summed E-state index contributed by atoms with van der Waals surface area (Å²) in [5.74, 6) is 0.341. The summed E-state index contributed by atoms with van der Waals surface area (Å²) in [6.07, 6.45) is 1.59. The van der Waals surface area contributed by atoms with Gasteiger partial charge in [0.25, 0.3) is 0 Å². The Morgan fingerprint density at radius 2 is 1.79 bits per heavy atom. The van der Waals surface area contributed by atoms with Gasteiger partial charge in [-0.3, -0.25) is 4.79 Å². The number of nitrogens with zero attached hydrogens (tertiary/aromatic N) is 2. The molecular formula is C20H21N3O4S. The summed E-state index contributed by atoms with van der Waals surface area (Å²) in [7, 11) is -2.05. The van der Waals surface area contributed by atoms with Gasteiger partial charge in [0.15, 0.2) is 0 Å². The molecule has 0 bridgehead atoms. The molecule has 0 saturated carbocycles. The van der Waals surface area contributed by atoms with E-state index < -0.39 is 10.0 Å². The maximum absolute atomic E-state index is 12.6. The van der Waals surface area contributed by atoms with E-state index in [4.69, 9.17) is 9.56 Å². The molecule has 2 N–H and O–H groups in total. The molecule has 0 aliphatic rings. The lowest BCUT2D eigenvalue weighted by Gasteiger charge is -2.25. The zero-order valence-corrected chi connectivity index (χ0v) is 16.4. The van der Waals surface area contributed by atoms with Crippen molar-refractivity contribution in [1.82, 2.24) is 9.88 Å². The maximum atomic E-state index is 12.6. The average molecular weight is 399 g/mol. The van der Waals surface area contributed by atoms with Gasteiger partial charge in [-0.1, -0.05) is 30.3 Å². The third kappa shape index (κ3) is 4.47. The lowest BCUT2D eigenvalue weighted by Crippen LogP contribution is -2.31. The third-order valence-corrected chi connectivity index (χ3v) is 5.50. The number of primary sulfonamides is 1.